The van der Waals surface area contributed by atoms with Crippen LogP contribution in [0.5, 0.6) is 5.75 Å². The smallest absolute Gasteiger partial charge is 0.225 e. The van der Waals surface area contributed by atoms with Crippen molar-refractivity contribution in [3.63, 3.8) is 0 Å². The van der Waals surface area contributed by atoms with E-state index in [0.29, 0.717) is 30.0 Å². The van der Waals surface area contributed by atoms with Crippen molar-refractivity contribution in [3.05, 3.63) is 41.7 Å². The molecule has 8 nitrogen and oxygen atoms in total. The van der Waals surface area contributed by atoms with Crippen LogP contribution in [-0.2, 0) is 20.9 Å². The number of ether oxygens (including phenoxy) is 2. The van der Waals surface area contributed by atoms with Gasteiger partial charge in [0, 0.05) is 64.4 Å². The summed E-state index contributed by atoms with van der Waals surface area (Å²) in [7, 11) is -0.899. The average Bonchev–Trinajstić information content (AvgIpc) is 3.27. The monoisotopic (exact) mass is 445 g/mol. The largest absolute Gasteiger partial charge is 0.493 e. The quantitative estimate of drug-likeness (QED) is 0.606. The second kappa shape index (κ2) is 9.50. The van der Waals surface area contributed by atoms with Crippen LogP contribution in [0.25, 0.3) is 0 Å². The Morgan fingerprint density at radius 3 is 2.68 bits per heavy atom. The molecule has 1 aromatic carbocycles. The van der Waals surface area contributed by atoms with Gasteiger partial charge in [-0.05, 0) is 24.1 Å². The fourth-order valence-corrected chi connectivity index (χ4v) is 5.08. The molecule has 1 saturated heterocycles. The number of methoxy groups -OCH3 is 1. The van der Waals surface area contributed by atoms with E-state index >= 15 is 0 Å². The van der Waals surface area contributed by atoms with E-state index in [9.17, 15) is 4.21 Å². The summed E-state index contributed by atoms with van der Waals surface area (Å²) >= 11 is 0. The van der Waals surface area contributed by atoms with Crippen LogP contribution >= 0.6 is 0 Å². The van der Waals surface area contributed by atoms with Crippen molar-refractivity contribution in [3.8, 4) is 5.75 Å². The molecule has 0 radical (unpaired) electrons. The lowest BCUT2D eigenvalue weighted by Gasteiger charge is -2.38. The zero-order chi connectivity index (χ0) is 21.8. The van der Waals surface area contributed by atoms with E-state index in [1.807, 2.05) is 0 Å². The predicted octanol–water partition coefficient (Wildman–Crippen LogP) is 2.40. The van der Waals surface area contributed by atoms with E-state index in [-0.39, 0.29) is 0 Å². The van der Waals surface area contributed by atoms with Gasteiger partial charge < -0.3 is 14.4 Å². The molecular formula is C22H31N5O3S. The summed E-state index contributed by atoms with van der Waals surface area (Å²) in [6.07, 6.45) is 5.90. The summed E-state index contributed by atoms with van der Waals surface area (Å²) in [5, 5.41) is 0. The molecule has 0 N–H and O–H groups in total. The van der Waals surface area contributed by atoms with Crippen LogP contribution in [0.1, 0.15) is 24.1 Å². The number of rotatable bonds is 7. The normalized spacial score (nSPS) is 19.4. The maximum atomic E-state index is 12.7. The lowest BCUT2D eigenvalue weighted by Crippen LogP contribution is -2.47. The minimum Gasteiger partial charge on any atom is -0.493 e. The van der Waals surface area contributed by atoms with Gasteiger partial charge in [-0.2, -0.15) is 0 Å². The van der Waals surface area contributed by atoms with Crippen molar-refractivity contribution >= 4 is 15.7 Å². The maximum Gasteiger partial charge on any atom is 0.225 e. The van der Waals surface area contributed by atoms with Gasteiger partial charge in [0.05, 0.1) is 34.4 Å². The lowest BCUT2D eigenvalue weighted by atomic mass is 10.0. The molecule has 2 aliphatic heterocycles. The molecule has 0 saturated carbocycles. The molecule has 0 spiro atoms. The first-order valence-electron chi connectivity index (χ1n) is 10.7. The molecule has 2 aliphatic rings. The molecule has 9 heteroatoms. The topological polar surface area (TPSA) is 80.2 Å². The molecule has 0 bridgehead atoms. The third-order valence-corrected chi connectivity index (χ3v) is 7.79. The lowest BCUT2D eigenvalue weighted by molar-refractivity contribution is 0.197. The summed E-state index contributed by atoms with van der Waals surface area (Å²) in [5.74, 6) is 1.71. The minimum absolute atomic E-state index is 0.332. The second-order valence-corrected chi connectivity index (χ2v) is 10.4. The molecule has 168 valence electrons. The number of piperazine rings is 1. The van der Waals surface area contributed by atoms with Gasteiger partial charge in [0.25, 0.3) is 0 Å². The van der Waals surface area contributed by atoms with Crippen LogP contribution in [0, 0.1) is 0 Å². The molecule has 2 aromatic rings. The molecule has 4 rings (SSSR count). The van der Waals surface area contributed by atoms with Crippen LogP contribution in [0.2, 0.25) is 0 Å². The highest BCUT2D eigenvalue weighted by atomic mass is 32.2. The number of aromatic nitrogens is 2. The van der Waals surface area contributed by atoms with E-state index in [0.717, 1.165) is 45.0 Å². The Morgan fingerprint density at radius 2 is 1.97 bits per heavy atom. The van der Waals surface area contributed by atoms with Crippen molar-refractivity contribution in [2.45, 2.75) is 24.3 Å². The Hall–Kier alpha value is -2.23. The van der Waals surface area contributed by atoms with Crippen molar-refractivity contribution in [2.75, 3.05) is 64.2 Å². The Morgan fingerprint density at radius 1 is 1.23 bits per heavy atom. The van der Waals surface area contributed by atoms with Crippen molar-refractivity contribution in [1.29, 1.82) is 0 Å². The van der Waals surface area contributed by atoms with Gasteiger partial charge in [-0.25, -0.2) is 18.5 Å². The van der Waals surface area contributed by atoms with Gasteiger partial charge in [0.15, 0.2) is 0 Å². The molecule has 0 aliphatic carbocycles. The Labute approximate surface area is 184 Å². The number of benzene rings is 1. The Balaban J connectivity index is 1.36. The summed E-state index contributed by atoms with van der Waals surface area (Å²) in [4.78, 5) is 14.2. The van der Waals surface area contributed by atoms with Crippen LogP contribution in [0.4, 0.5) is 5.95 Å². The van der Waals surface area contributed by atoms with Gasteiger partial charge in [-0.3, -0.25) is 4.90 Å². The van der Waals surface area contributed by atoms with Gasteiger partial charge >= 0.3 is 0 Å². The summed E-state index contributed by atoms with van der Waals surface area (Å²) in [6, 6.07) is 6.96. The van der Waals surface area contributed by atoms with Gasteiger partial charge in [-0.1, -0.05) is 12.1 Å². The molecule has 2 atom stereocenters. The number of hydrogen-bond acceptors (Lipinski definition) is 8. The summed E-state index contributed by atoms with van der Waals surface area (Å²) in [6.45, 7) is 7.45. The molecule has 1 fully saturated rings. The molecule has 3 heterocycles. The first-order valence-corrected chi connectivity index (χ1v) is 12.6. The Kier molecular flexibility index (Phi) is 6.74. The second-order valence-electron chi connectivity index (χ2n) is 8.03. The van der Waals surface area contributed by atoms with Gasteiger partial charge in [0.1, 0.15) is 5.75 Å². The number of nitrogens with zero attached hydrogens (tertiary/aromatic N) is 5. The third kappa shape index (κ3) is 4.99. The van der Waals surface area contributed by atoms with E-state index in [2.05, 4.69) is 49.3 Å². The highest BCUT2D eigenvalue weighted by molar-refractivity contribution is 7.93. The van der Waals surface area contributed by atoms with Crippen LogP contribution < -0.4 is 9.64 Å². The van der Waals surface area contributed by atoms with Crippen molar-refractivity contribution in [1.82, 2.24) is 14.9 Å². The van der Waals surface area contributed by atoms with Crippen molar-refractivity contribution in [2.24, 2.45) is 4.36 Å². The van der Waals surface area contributed by atoms with Crippen molar-refractivity contribution < 1.29 is 13.7 Å². The molecule has 0 amide bonds. The first kappa shape index (κ1) is 22.0. The highest BCUT2D eigenvalue weighted by Gasteiger charge is 2.25. The van der Waals surface area contributed by atoms with Gasteiger partial charge in [0.2, 0.25) is 5.95 Å². The number of hydrogen-bond donors (Lipinski definition) is 0. The maximum absolute atomic E-state index is 12.7. The average molecular weight is 446 g/mol. The Bertz CT molecular complexity index is 1010. The predicted molar refractivity (Wildman–Crippen MR) is 121 cm³/mol. The minimum atomic E-state index is -2.50. The molecular weight excluding hydrogens is 414 g/mol. The van der Waals surface area contributed by atoms with Gasteiger partial charge in [-0.15, -0.1) is 0 Å². The molecule has 31 heavy (non-hydrogen) atoms. The first-order chi connectivity index (χ1) is 15.0. The zero-order valence-electron chi connectivity index (χ0n) is 18.5. The van der Waals surface area contributed by atoms with Crippen LogP contribution in [0.15, 0.2) is 39.9 Å². The van der Waals surface area contributed by atoms with E-state index in [1.54, 1.807) is 25.8 Å². The summed E-state index contributed by atoms with van der Waals surface area (Å²) in [5.41, 5.74) is 2.61. The molecule has 1 aromatic heterocycles. The fraction of sp³-hybridized carbons (Fsp3) is 0.545. The van der Waals surface area contributed by atoms with Crippen LogP contribution in [-0.4, -0.2) is 78.4 Å². The summed E-state index contributed by atoms with van der Waals surface area (Å²) < 4.78 is 27.7. The molecule has 0 unspecified atom stereocenters. The highest BCUT2D eigenvalue weighted by Crippen LogP contribution is 2.31. The third-order valence-electron chi connectivity index (χ3n) is 6.03. The number of anilines is 1. The number of fused-ring (bicyclic) bond motifs is 1. The van der Waals surface area contributed by atoms with E-state index in [1.165, 1.54) is 11.1 Å². The van der Waals surface area contributed by atoms with E-state index < -0.39 is 9.73 Å². The fourth-order valence-electron chi connectivity index (χ4n) is 4.01. The van der Waals surface area contributed by atoms with Crippen LogP contribution in [0.3, 0.4) is 0 Å². The SMILES string of the molecule is COCCN=[S@](C)(=O)c1cnc(N2CCN([C@H](C)c3ccc4c(c3)OCC4)CC2)nc1. The zero-order valence-corrected chi connectivity index (χ0v) is 19.3. The van der Waals surface area contributed by atoms with E-state index in [4.69, 9.17) is 9.47 Å². The standard InChI is InChI=1S/C22H31N5O3S/c1-17(19-5-4-18-6-12-30-21(18)14-19)26-8-10-27(11-9-26)22-23-15-20(16-24-22)31(3,28)25-7-13-29-2/h4-5,14-17H,6-13H2,1-3H3/t17-,31-/m1/s1.